The zero-order valence-electron chi connectivity index (χ0n) is 11.4. The Morgan fingerprint density at radius 3 is 2.90 bits per heavy atom. The van der Waals surface area contributed by atoms with E-state index in [1.54, 1.807) is 30.2 Å². The first-order valence-electron chi connectivity index (χ1n) is 6.15. The van der Waals surface area contributed by atoms with E-state index in [0.717, 1.165) is 38.4 Å². The van der Waals surface area contributed by atoms with E-state index < -0.39 is 0 Å². The third-order valence-electron chi connectivity index (χ3n) is 2.51. The fraction of sp³-hybridized carbons (Fsp3) is 0.385. The number of nitrogens with zero attached hydrogens (tertiary/aromatic N) is 2. The van der Waals surface area contributed by atoms with Crippen molar-refractivity contribution in [3.63, 3.8) is 0 Å². The van der Waals surface area contributed by atoms with Gasteiger partial charge in [-0.3, -0.25) is 0 Å². The number of ether oxygens (including phenoxy) is 1. The van der Waals surface area contributed by atoms with Gasteiger partial charge >= 0.3 is 0 Å². The minimum absolute atomic E-state index is 0.728. The summed E-state index contributed by atoms with van der Waals surface area (Å²) in [6.45, 7) is 4.39. The number of hydrogen-bond donors (Lipinski definition) is 1. The summed E-state index contributed by atoms with van der Waals surface area (Å²) >= 11 is 6.86. The van der Waals surface area contributed by atoms with Crippen LogP contribution in [0.1, 0.15) is 10.6 Å². The van der Waals surface area contributed by atoms with Crippen LogP contribution in [0.4, 0.5) is 0 Å². The van der Waals surface area contributed by atoms with Crippen molar-refractivity contribution in [3.05, 3.63) is 33.2 Å². The SMILES string of the molecule is COCCNCc1ccc(Sc2nnc(C)s2)c(Br)c1. The van der Waals surface area contributed by atoms with Crippen molar-refractivity contribution in [1.82, 2.24) is 15.5 Å². The van der Waals surface area contributed by atoms with Crippen molar-refractivity contribution in [2.45, 2.75) is 22.7 Å². The smallest absolute Gasteiger partial charge is 0.179 e. The standard InChI is InChI=1S/C13H16BrN3OS2/c1-9-16-17-13(19-9)20-12-4-3-10(7-11(12)14)8-15-5-6-18-2/h3-4,7,15H,5-6,8H2,1-2H3. The van der Waals surface area contributed by atoms with Gasteiger partial charge in [0, 0.05) is 29.6 Å². The highest BCUT2D eigenvalue weighted by atomic mass is 79.9. The Balaban J connectivity index is 1.95. The van der Waals surface area contributed by atoms with Gasteiger partial charge in [-0.15, -0.1) is 10.2 Å². The Morgan fingerprint density at radius 2 is 2.25 bits per heavy atom. The molecule has 0 aliphatic rings. The Hall–Kier alpha value is -0.470. The number of nitrogens with one attached hydrogen (secondary N) is 1. The van der Waals surface area contributed by atoms with Gasteiger partial charge in [0.05, 0.1) is 6.61 Å². The summed E-state index contributed by atoms with van der Waals surface area (Å²) in [5.74, 6) is 0. The third kappa shape index (κ3) is 4.82. The van der Waals surface area contributed by atoms with E-state index in [4.69, 9.17) is 4.74 Å². The molecule has 0 radical (unpaired) electrons. The fourth-order valence-electron chi connectivity index (χ4n) is 1.56. The molecule has 0 saturated carbocycles. The van der Waals surface area contributed by atoms with Crippen molar-refractivity contribution in [3.8, 4) is 0 Å². The highest BCUT2D eigenvalue weighted by Crippen LogP contribution is 2.35. The first-order valence-corrected chi connectivity index (χ1v) is 8.57. The van der Waals surface area contributed by atoms with Crippen LogP contribution >= 0.6 is 39.0 Å². The summed E-state index contributed by atoms with van der Waals surface area (Å²) in [6, 6.07) is 6.37. The van der Waals surface area contributed by atoms with Crippen molar-refractivity contribution < 1.29 is 4.74 Å². The first kappa shape index (κ1) is 15.9. The molecule has 0 amide bonds. The minimum atomic E-state index is 0.728. The molecular formula is C13H16BrN3OS2. The predicted octanol–water partition coefficient (Wildman–Crippen LogP) is 3.50. The highest BCUT2D eigenvalue weighted by Gasteiger charge is 2.07. The van der Waals surface area contributed by atoms with E-state index in [-0.39, 0.29) is 0 Å². The van der Waals surface area contributed by atoms with Crippen LogP contribution in [0.5, 0.6) is 0 Å². The average Bonchev–Trinajstić information content (AvgIpc) is 2.83. The van der Waals surface area contributed by atoms with E-state index in [1.165, 1.54) is 5.56 Å². The normalized spacial score (nSPS) is 10.9. The van der Waals surface area contributed by atoms with Crippen LogP contribution in [0.2, 0.25) is 0 Å². The lowest BCUT2D eigenvalue weighted by Gasteiger charge is -2.07. The van der Waals surface area contributed by atoms with Crippen LogP contribution in [0.25, 0.3) is 0 Å². The minimum Gasteiger partial charge on any atom is -0.383 e. The molecule has 0 fully saturated rings. The number of halogens is 1. The van der Waals surface area contributed by atoms with Gasteiger partial charge in [0.15, 0.2) is 4.34 Å². The Morgan fingerprint density at radius 1 is 1.40 bits per heavy atom. The van der Waals surface area contributed by atoms with Crippen molar-refractivity contribution in [2.24, 2.45) is 0 Å². The van der Waals surface area contributed by atoms with Crippen LogP contribution in [0.3, 0.4) is 0 Å². The lowest BCUT2D eigenvalue weighted by atomic mass is 10.2. The molecule has 20 heavy (non-hydrogen) atoms. The Kier molecular flexibility index (Phi) is 6.44. The van der Waals surface area contributed by atoms with E-state index in [2.05, 4.69) is 49.6 Å². The average molecular weight is 374 g/mol. The molecule has 7 heteroatoms. The van der Waals surface area contributed by atoms with Gasteiger partial charge in [0.2, 0.25) is 0 Å². The van der Waals surface area contributed by atoms with Gasteiger partial charge in [-0.2, -0.15) is 0 Å². The molecular weight excluding hydrogens is 358 g/mol. The maximum Gasteiger partial charge on any atom is 0.179 e. The van der Waals surface area contributed by atoms with Crippen LogP contribution in [-0.4, -0.2) is 30.5 Å². The van der Waals surface area contributed by atoms with Gasteiger partial charge in [0.25, 0.3) is 0 Å². The predicted molar refractivity (Wildman–Crippen MR) is 86.5 cm³/mol. The molecule has 4 nitrogen and oxygen atoms in total. The van der Waals surface area contributed by atoms with Crippen LogP contribution < -0.4 is 5.32 Å². The molecule has 0 aliphatic heterocycles. The maximum atomic E-state index is 5.00. The fourth-order valence-corrected chi connectivity index (χ4v) is 4.00. The molecule has 1 aromatic heterocycles. The second-order valence-electron chi connectivity index (χ2n) is 4.12. The van der Waals surface area contributed by atoms with Crippen molar-refractivity contribution in [2.75, 3.05) is 20.3 Å². The zero-order chi connectivity index (χ0) is 14.4. The first-order chi connectivity index (χ1) is 9.69. The van der Waals surface area contributed by atoms with Crippen molar-refractivity contribution in [1.29, 1.82) is 0 Å². The summed E-state index contributed by atoms with van der Waals surface area (Å²) < 4.78 is 7.06. The second kappa shape index (κ2) is 8.09. The quantitative estimate of drug-likeness (QED) is 0.752. The molecule has 0 bridgehead atoms. The van der Waals surface area contributed by atoms with E-state index in [1.807, 2.05) is 6.92 Å². The summed E-state index contributed by atoms with van der Waals surface area (Å²) in [4.78, 5) is 1.15. The monoisotopic (exact) mass is 373 g/mol. The molecule has 1 N–H and O–H groups in total. The second-order valence-corrected chi connectivity index (χ2v) is 7.45. The van der Waals surface area contributed by atoms with Gasteiger partial charge in [-0.1, -0.05) is 29.2 Å². The number of methoxy groups -OCH3 is 1. The molecule has 0 saturated heterocycles. The number of rotatable bonds is 7. The number of hydrogen-bond acceptors (Lipinski definition) is 6. The molecule has 0 spiro atoms. The molecule has 0 atom stereocenters. The summed E-state index contributed by atoms with van der Waals surface area (Å²) in [7, 11) is 1.71. The number of benzene rings is 1. The van der Waals surface area contributed by atoms with E-state index >= 15 is 0 Å². The maximum absolute atomic E-state index is 5.00. The largest absolute Gasteiger partial charge is 0.383 e. The van der Waals surface area contributed by atoms with Crippen LogP contribution in [0.15, 0.2) is 31.9 Å². The van der Waals surface area contributed by atoms with Gasteiger partial charge < -0.3 is 10.1 Å². The van der Waals surface area contributed by atoms with E-state index in [9.17, 15) is 0 Å². The Labute approximate surface area is 135 Å². The van der Waals surface area contributed by atoms with Crippen molar-refractivity contribution >= 4 is 39.0 Å². The molecule has 0 unspecified atom stereocenters. The van der Waals surface area contributed by atoms with Gasteiger partial charge in [0.1, 0.15) is 5.01 Å². The van der Waals surface area contributed by atoms with E-state index in [0.29, 0.717) is 0 Å². The topological polar surface area (TPSA) is 47.0 Å². The zero-order valence-corrected chi connectivity index (χ0v) is 14.6. The summed E-state index contributed by atoms with van der Waals surface area (Å²) in [5, 5.41) is 12.5. The molecule has 0 aliphatic carbocycles. The highest BCUT2D eigenvalue weighted by molar-refractivity contribution is 9.10. The molecule has 1 aromatic carbocycles. The van der Waals surface area contributed by atoms with Gasteiger partial charge in [-0.25, -0.2) is 0 Å². The Bertz CT molecular complexity index is 562. The third-order valence-corrected chi connectivity index (χ3v) is 5.40. The molecule has 2 rings (SSSR count). The molecule has 1 heterocycles. The summed E-state index contributed by atoms with van der Waals surface area (Å²) in [6.07, 6.45) is 0. The van der Waals surface area contributed by atoms with Crippen LogP contribution in [0, 0.1) is 6.92 Å². The molecule has 2 aromatic rings. The summed E-state index contributed by atoms with van der Waals surface area (Å²) in [5.41, 5.74) is 1.24. The number of aryl methyl sites for hydroxylation is 1. The lowest BCUT2D eigenvalue weighted by molar-refractivity contribution is 0.199. The van der Waals surface area contributed by atoms with Crippen LogP contribution in [-0.2, 0) is 11.3 Å². The molecule has 108 valence electrons. The lowest BCUT2D eigenvalue weighted by Crippen LogP contribution is -2.18. The number of aromatic nitrogens is 2. The van der Waals surface area contributed by atoms with Gasteiger partial charge in [-0.05, 0) is 40.5 Å².